The summed E-state index contributed by atoms with van der Waals surface area (Å²) in [5.41, 5.74) is 2.41. The fourth-order valence-corrected chi connectivity index (χ4v) is 2.58. The van der Waals surface area contributed by atoms with E-state index in [0.717, 1.165) is 11.3 Å². The van der Waals surface area contributed by atoms with Gasteiger partial charge in [0.1, 0.15) is 0 Å². The van der Waals surface area contributed by atoms with E-state index in [-0.39, 0.29) is 18.2 Å². The van der Waals surface area contributed by atoms with Crippen LogP contribution in [0.1, 0.15) is 35.2 Å². The van der Waals surface area contributed by atoms with Crippen LogP contribution >= 0.6 is 0 Å². The van der Waals surface area contributed by atoms with Crippen molar-refractivity contribution in [1.82, 2.24) is 4.90 Å². The molecule has 0 unspecified atom stereocenters. The first-order valence-electron chi connectivity index (χ1n) is 7.27. The average Bonchev–Trinajstić information content (AvgIpc) is 2.49. The second kappa shape index (κ2) is 6.60. The molecule has 1 aliphatic rings. The molecule has 118 valence electrons. The van der Waals surface area contributed by atoms with Gasteiger partial charge >= 0.3 is 5.97 Å². The average molecular weight is 304 g/mol. The van der Waals surface area contributed by atoms with Crippen molar-refractivity contribution in [2.24, 2.45) is 0 Å². The van der Waals surface area contributed by atoms with Crippen LogP contribution in [0.3, 0.4) is 0 Å². The summed E-state index contributed by atoms with van der Waals surface area (Å²) < 4.78 is 0. The molecule has 1 aliphatic heterocycles. The van der Waals surface area contributed by atoms with Gasteiger partial charge in [-0.1, -0.05) is 0 Å². The standard InChI is InChI=1S/C16H20N2O4/c1-17(9-3-4-15(20)21)16(22)12-5-7-13-11(10-12)6-8-14(19)18(13)2/h5,7,10H,3-4,6,8-9H2,1-2H3,(H,20,21). The number of hydrogen-bond acceptors (Lipinski definition) is 3. The summed E-state index contributed by atoms with van der Waals surface area (Å²) in [5.74, 6) is -0.910. The summed E-state index contributed by atoms with van der Waals surface area (Å²) in [6, 6.07) is 5.34. The summed E-state index contributed by atoms with van der Waals surface area (Å²) in [6.07, 6.45) is 1.58. The minimum absolute atomic E-state index is 0.0503. The lowest BCUT2D eigenvalue weighted by Crippen LogP contribution is -2.32. The third kappa shape index (κ3) is 3.44. The highest BCUT2D eigenvalue weighted by Gasteiger charge is 2.22. The lowest BCUT2D eigenvalue weighted by molar-refractivity contribution is -0.137. The van der Waals surface area contributed by atoms with Gasteiger partial charge in [0, 0.05) is 44.7 Å². The molecule has 0 radical (unpaired) electrons. The Balaban J connectivity index is 2.08. The van der Waals surface area contributed by atoms with Gasteiger partial charge in [-0.05, 0) is 36.6 Å². The topological polar surface area (TPSA) is 77.9 Å². The van der Waals surface area contributed by atoms with E-state index in [9.17, 15) is 14.4 Å². The van der Waals surface area contributed by atoms with Gasteiger partial charge < -0.3 is 14.9 Å². The molecule has 0 fully saturated rings. The Morgan fingerprint density at radius 3 is 2.73 bits per heavy atom. The maximum Gasteiger partial charge on any atom is 0.303 e. The fraction of sp³-hybridized carbons (Fsp3) is 0.438. The monoisotopic (exact) mass is 304 g/mol. The minimum atomic E-state index is -0.859. The number of aliphatic carboxylic acids is 1. The number of carboxylic acid groups (broad SMARTS) is 1. The first-order valence-corrected chi connectivity index (χ1v) is 7.27. The lowest BCUT2D eigenvalue weighted by atomic mass is 9.98. The Bertz CT molecular complexity index is 612. The van der Waals surface area contributed by atoms with E-state index in [1.54, 1.807) is 31.1 Å². The van der Waals surface area contributed by atoms with Crippen molar-refractivity contribution >= 4 is 23.5 Å². The number of nitrogens with zero attached hydrogens (tertiary/aromatic N) is 2. The van der Waals surface area contributed by atoms with Gasteiger partial charge in [-0.3, -0.25) is 14.4 Å². The summed E-state index contributed by atoms with van der Waals surface area (Å²) in [6.45, 7) is 0.403. The van der Waals surface area contributed by atoms with Crippen LogP contribution in [0.25, 0.3) is 0 Å². The predicted octanol–water partition coefficient (Wildman–Crippen LogP) is 1.53. The molecule has 0 aromatic heterocycles. The lowest BCUT2D eigenvalue weighted by Gasteiger charge is -2.26. The Hall–Kier alpha value is -2.37. The van der Waals surface area contributed by atoms with E-state index in [2.05, 4.69) is 0 Å². The first-order chi connectivity index (χ1) is 10.4. The summed E-state index contributed by atoms with van der Waals surface area (Å²) in [7, 11) is 3.40. The highest BCUT2D eigenvalue weighted by molar-refractivity contribution is 5.98. The van der Waals surface area contributed by atoms with Crippen molar-refractivity contribution in [2.75, 3.05) is 25.5 Å². The third-order valence-electron chi connectivity index (χ3n) is 3.90. The molecule has 0 atom stereocenters. The molecule has 6 nitrogen and oxygen atoms in total. The Labute approximate surface area is 129 Å². The number of carboxylic acids is 1. The Morgan fingerprint density at radius 1 is 1.32 bits per heavy atom. The molecular formula is C16H20N2O4. The highest BCUT2D eigenvalue weighted by atomic mass is 16.4. The molecule has 6 heteroatoms. The number of benzene rings is 1. The summed E-state index contributed by atoms with van der Waals surface area (Å²) in [5, 5.41) is 8.63. The molecule has 0 spiro atoms. The van der Waals surface area contributed by atoms with Gasteiger partial charge in [-0.15, -0.1) is 0 Å². The summed E-state index contributed by atoms with van der Waals surface area (Å²) in [4.78, 5) is 37.7. The van der Waals surface area contributed by atoms with E-state index < -0.39 is 5.97 Å². The smallest absolute Gasteiger partial charge is 0.303 e. The number of carbonyl (C=O) groups is 3. The van der Waals surface area contributed by atoms with Crippen molar-refractivity contribution in [3.8, 4) is 0 Å². The zero-order valence-corrected chi connectivity index (χ0v) is 12.8. The molecule has 1 aromatic carbocycles. The molecule has 0 bridgehead atoms. The van der Waals surface area contributed by atoms with E-state index in [4.69, 9.17) is 5.11 Å². The maximum absolute atomic E-state index is 12.3. The number of carbonyl (C=O) groups excluding carboxylic acids is 2. The number of rotatable bonds is 5. The zero-order valence-electron chi connectivity index (χ0n) is 12.8. The van der Waals surface area contributed by atoms with Gasteiger partial charge in [0.15, 0.2) is 0 Å². The van der Waals surface area contributed by atoms with Crippen LogP contribution in [0.5, 0.6) is 0 Å². The fourth-order valence-electron chi connectivity index (χ4n) is 2.58. The van der Waals surface area contributed by atoms with Crippen LogP contribution in [0.4, 0.5) is 5.69 Å². The quantitative estimate of drug-likeness (QED) is 0.895. The Morgan fingerprint density at radius 2 is 2.05 bits per heavy atom. The molecule has 0 saturated heterocycles. The van der Waals surface area contributed by atoms with E-state index in [0.29, 0.717) is 31.4 Å². The van der Waals surface area contributed by atoms with E-state index in [1.807, 2.05) is 6.07 Å². The normalized spacial score (nSPS) is 13.7. The van der Waals surface area contributed by atoms with Crippen molar-refractivity contribution in [3.63, 3.8) is 0 Å². The third-order valence-corrected chi connectivity index (χ3v) is 3.90. The summed E-state index contributed by atoms with van der Waals surface area (Å²) >= 11 is 0. The van der Waals surface area contributed by atoms with Gasteiger partial charge in [0.25, 0.3) is 5.91 Å². The van der Waals surface area contributed by atoms with Gasteiger partial charge in [0.2, 0.25) is 5.91 Å². The van der Waals surface area contributed by atoms with Crippen LogP contribution in [0.15, 0.2) is 18.2 Å². The van der Waals surface area contributed by atoms with Crippen LogP contribution in [-0.2, 0) is 16.0 Å². The van der Waals surface area contributed by atoms with Crippen LogP contribution in [0.2, 0.25) is 0 Å². The first kappa shape index (κ1) is 16.0. The van der Waals surface area contributed by atoms with Gasteiger partial charge in [0.05, 0.1) is 0 Å². The van der Waals surface area contributed by atoms with Crippen LogP contribution < -0.4 is 4.90 Å². The molecule has 0 aliphatic carbocycles. The minimum Gasteiger partial charge on any atom is -0.481 e. The van der Waals surface area contributed by atoms with Crippen molar-refractivity contribution in [3.05, 3.63) is 29.3 Å². The Kier molecular flexibility index (Phi) is 4.80. The molecule has 2 amide bonds. The van der Waals surface area contributed by atoms with Crippen LogP contribution in [0, 0.1) is 0 Å². The second-order valence-corrected chi connectivity index (χ2v) is 5.52. The molecule has 0 saturated carbocycles. The van der Waals surface area contributed by atoms with Crippen molar-refractivity contribution < 1.29 is 19.5 Å². The predicted molar refractivity (Wildman–Crippen MR) is 82.0 cm³/mol. The largest absolute Gasteiger partial charge is 0.481 e. The maximum atomic E-state index is 12.3. The van der Waals surface area contributed by atoms with E-state index >= 15 is 0 Å². The number of fused-ring (bicyclic) bond motifs is 1. The molecule has 2 rings (SSSR count). The second-order valence-electron chi connectivity index (χ2n) is 5.52. The van der Waals surface area contributed by atoms with Crippen molar-refractivity contribution in [1.29, 1.82) is 0 Å². The van der Waals surface area contributed by atoms with Gasteiger partial charge in [-0.25, -0.2) is 0 Å². The number of anilines is 1. The van der Waals surface area contributed by atoms with E-state index in [1.165, 1.54) is 4.90 Å². The molecule has 1 heterocycles. The van der Waals surface area contributed by atoms with Crippen LogP contribution in [-0.4, -0.2) is 48.4 Å². The zero-order chi connectivity index (χ0) is 16.3. The number of hydrogen-bond donors (Lipinski definition) is 1. The SMILES string of the molecule is CN(CCCC(=O)O)C(=O)c1ccc2c(c1)CCC(=O)N2C. The molecule has 1 aromatic rings. The number of aryl methyl sites for hydroxylation is 1. The van der Waals surface area contributed by atoms with Crippen molar-refractivity contribution in [2.45, 2.75) is 25.7 Å². The highest BCUT2D eigenvalue weighted by Crippen LogP contribution is 2.27. The van der Waals surface area contributed by atoms with Gasteiger partial charge in [-0.2, -0.15) is 0 Å². The number of amides is 2. The molecular weight excluding hydrogens is 284 g/mol. The molecule has 1 N–H and O–H groups in total. The molecule has 22 heavy (non-hydrogen) atoms.